The third kappa shape index (κ3) is 4.64. The molecule has 0 aliphatic carbocycles. The van der Waals surface area contributed by atoms with Gasteiger partial charge in [-0.1, -0.05) is 26.0 Å². The molecule has 1 heterocycles. The van der Waals surface area contributed by atoms with Gasteiger partial charge >= 0.3 is 0 Å². The second-order valence-corrected chi connectivity index (χ2v) is 6.40. The molecule has 0 spiro atoms. The molecule has 3 N–H and O–H groups in total. The Labute approximate surface area is 146 Å². The van der Waals surface area contributed by atoms with Gasteiger partial charge in [-0.3, -0.25) is 14.6 Å². The zero-order chi connectivity index (χ0) is 17.7. The molecule has 0 bridgehead atoms. The van der Waals surface area contributed by atoms with Gasteiger partial charge in [-0.05, 0) is 55.6 Å². The summed E-state index contributed by atoms with van der Waals surface area (Å²) in [5.41, 5.74) is 3.06. The topological polar surface area (TPSA) is 77.8 Å². The molecule has 1 unspecified atom stereocenters. The molecule has 1 aromatic carbocycles. The molecule has 2 rings (SSSR count). The van der Waals surface area contributed by atoms with Crippen LogP contribution in [0.15, 0.2) is 29.1 Å². The van der Waals surface area contributed by atoms with Crippen LogP contribution in [0.4, 0.5) is 5.69 Å². The molecule has 1 amide bonds. The number of amides is 1. The highest BCUT2D eigenvalue weighted by Crippen LogP contribution is 2.20. The highest BCUT2D eigenvalue weighted by Gasteiger charge is 2.09. The highest BCUT2D eigenvalue weighted by atomic mass is 32.1. The second-order valence-electron chi connectivity index (χ2n) is 5.99. The van der Waals surface area contributed by atoms with Gasteiger partial charge in [0.1, 0.15) is 0 Å². The van der Waals surface area contributed by atoms with E-state index in [-0.39, 0.29) is 17.9 Å². The number of aryl methyl sites for hydroxylation is 1. The number of hydrogen-bond donors (Lipinski definition) is 3. The van der Waals surface area contributed by atoms with Crippen molar-refractivity contribution in [3.63, 3.8) is 0 Å². The Morgan fingerprint density at radius 3 is 2.50 bits per heavy atom. The van der Waals surface area contributed by atoms with Gasteiger partial charge in [-0.2, -0.15) is 0 Å². The Morgan fingerprint density at radius 2 is 1.92 bits per heavy atom. The van der Waals surface area contributed by atoms with Gasteiger partial charge in [0.2, 0.25) is 5.91 Å². The summed E-state index contributed by atoms with van der Waals surface area (Å²) in [7, 11) is 0. The average molecular weight is 345 g/mol. The fraction of sp³-hybridized carbons (Fsp3) is 0.389. The van der Waals surface area contributed by atoms with Crippen molar-refractivity contribution in [3.8, 4) is 0 Å². The van der Waals surface area contributed by atoms with Crippen LogP contribution in [0.1, 0.15) is 49.4 Å². The van der Waals surface area contributed by atoms with Crippen LogP contribution in [0.2, 0.25) is 0 Å². The standard InChI is InChI=1S/C18H23N3O2S/c1-4-11(2)13-5-7-14(8-6-13)20-16(22)10-9-15-12(3)19-18(24)21-17(15)23/h5-8,11H,4,9-10H2,1-3H3,(H,20,22)(H2,19,21,23,24). The van der Waals surface area contributed by atoms with E-state index >= 15 is 0 Å². The van der Waals surface area contributed by atoms with E-state index in [1.807, 2.05) is 24.3 Å². The first kappa shape index (κ1) is 18.1. The SMILES string of the molecule is CCC(C)c1ccc(NC(=O)CCc2c(C)[nH]c(=S)[nH]c2=O)cc1. The summed E-state index contributed by atoms with van der Waals surface area (Å²) in [5, 5.41) is 2.86. The van der Waals surface area contributed by atoms with Crippen LogP contribution >= 0.6 is 12.2 Å². The van der Waals surface area contributed by atoms with Gasteiger partial charge in [-0.25, -0.2) is 0 Å². The van der Waals surface area contributed by atoms with Crippen molar-refractivity contribution in [2.75, 3.05) is 5.32 Å². The van der Waals surface area contributed by atoms with Crippen molar-refractivity contribution in [2.45, 2.75) is 46.0 Å². The number of aromatic amines is 2. The predicted octanol–water partition coefficient (Wildman–Crippen LogP) is 3.83. The molecule has 0 aliphatic heterocycles. The van der Waals surface area contributed by atoms with Gasteiger partial charge in [0.15, 0.2) is 4.77 Å². The molecule has 0 saturated heterocycles. The zero-order valence-electron chi connectivity index (χ0n) is 14.2. The largest absolute Gasteiger partial charge is 0.336 e. The maximum Gasteiger partial charge on any atom is 0.255 e. The number of H-pyrrole nitrogens is 2. The third-order valence-electron chi connectivity index (χ3n) is 4.23. The molecule has 5 nitrogen and oxygen atoms in total. The van der Waals surface area contributed by atoms with Gasteiger partial charge < -0.3 is 10.3 Å². The Morgan fingerprint density at radius 1 is 1.25 bits per heavy atom. The van der Waals surface area contributed by atoms with E-state index < -0.39 is 0 Å². The summed E-state index contributed by atoms with van der Waals surface area (Å²) in [5.74, 6) is 0.389. The Balaban J connectivity index is 1.97. The first-order valence-corrected chi connectivity index (χ1v) is 8.53. The number of nitrogens with one attached hydrogen (secondary N) is 3. The number of anilines is 1. The second kappa shape index (κ2) is 8.06. The first-order valence-electron chi connectivity index (χ1n) is 8.12. The molecule has 128 valence electrons. The minimum atomic E-state index is -0.234. The van der Waals surface area contributed by atoms with Crippen LogP contribution in [0, 0.1) is 11.7 Å². The average Bonchev–Trinajstić information content (AvgIpc) is 2.53. The van der Waals surface area contributed by atoms with Crippen molar-refractivity contribution in [1.82, 2.24) is 9.97 Å². The summed E-state index contributed by atoms with van der Waals surface area (Å²) in [4.78, 5) is 29.4. The summed E-state index contributed by atoms with van der Waals surface area (Å²) < 4.78 is 0.298. The normalized spacial score (nSPS) is 12.0. The molecular formula is C18H23N3O2S. The fourth-order valence-corrected chi connectivity index (χ4v) is 2.77. The molecule has 0 aliphatic rings. The van der Waals surface area contributed by atoms with Crippen molar-refractivity contribution < 1.29 is 4.79 Å². The number of benzene rings is 1. The molecule has 24 heavy (non-hydrogen) atoms. The van der Waals surface area contributed by atoms with E-state index in [0.717, 1.165) is 12.1 Å². The summed E-state index contributed by atoms with van der Waals surface area (Å²) in [6.45, 7) is 6.12. The van der Waals surface area contributed by atoms with Gasteiger partial charge in [0.05, 0.1) is 0 Å². The van der Waals surface area contributed by atoms with Crippen molar-refractivity contribution in [2.24, 2.45) is 0 Å². The van der Waals surface area contributed by atoms with Gasteiger partial charge in [0.25, 0.3) is 5.56 Å². The minimum Gasteiger partial charge on any atom is -0.336 e. The molecule has 1 aromatic heterocycles. The van der Waals surface area contributed by atoms with E-state index in [9.17, 15) is 9.59 Å². The number of rotatable bonds is 6. The molecule has 0 fully saturated rings. The van der Waals surface area contributed by atoms with E-state index in [2.05, 4.69) is 29.1 Å². The van der Waals surface area contributed by atoms with Crippen LogP contribution in [-0.4, -0.2) is 15.9 Å². The fourth-order valence-electron chi connectivity index (χ4n) is 2.52. The van der Waals surface area contributed by atoms with Crippen LogP contribution in [-0.2, 0) is 11.2 Å². The lowest BCUT2D eigenvalue weighted by Gasteiger charge is -2.10. The van der Waals surface area contributed by atoms with E-state index in [1.54, 1.807) is 6.92 Å². The lowest BCUT2D eigenvalue weighted by atomic mass is 9.98. The monoisotopic (exact) mass is 345 g/mol. The van der Waals surface area contributed by atoms with Crippen LogP contribution < -0.4 is 10.9 Å². The molecule has 2 aromatic rings. The molecule has 0 radical (unpaired) electrons. The summed E-state index contributed by atoms with van der Waals surface area (Å²) in [6.07, 6.45) is 1.69. The number of aromatic nitrogens is 2. The van der Waals surface area contributed by atoms with Crippen molar-refractivity contribution >= 4 is 23.8 Å². The van der Waals surface area contributed by atoms with Crippen molar-refractivity contribution in [3.05, 3.63) is 56.2 Å². The number of carbonyl (C=O) groups excluding carboxylic acids is 1. The van der Waals surface area contributed by atoms with E-state index in [4.69, 9.17) is 12.2 Å². The van der Waals surface area contributed by atoms with E-state index in [0.29, 0.717) is 28.4 Å². The van der Waals surface area contributed by atoms with Gasteiger partial charge in [0, 0.05) is 23.4 Å². The Hall–Kier alpha value is -2.21. The molecule has 1 atom stereocenters. The zero-order valence-corrected chi connectivity index (χ0v) is 15.0. The maximum atomic E-state index is 12.1. The van der Waals surface area contributed by atoms with Crippen LogP contribution in [0.5, 0.6) is 0 Å². The lowest BCUT2D eigenvalue weighted by Crippen LogP contribution is -2.19. The molecule has 6 heteroatoms. The van der Waals surface area contributed by atoms with E-state index in [1.165, 1.54) is 5.56 Å². The molecular weight excluding hydrogens is 322 g/mol. The smallest absolute Gasteiger partial charge is 0.255 e. The first-order chi connectivity index (χ1) is 11.4. The lowest BCUT2D eigenvalue weighted by molar-refractivity contribution is -0.116. The van der Waals surface area contributed by atoms with Gasteiger partial charge in [-0.15, -0.1) is 0 Å². The highest BCUT2D eigenvalue weighted by molar-refractivity contribution is 7.71. The molecule has 0 saturated carbocycles. The Kier molecular flexibility index (Phi) is 6.09. The summed E-state index contributed by atoms with van der Waals surface area (Å²) in [6, 6.07) is 7.90. The van der Waals surface area contributed by atoms with Crippen molar-refractivity contribution in [1.29, 1.82) is 0 Å². The number of carbonyl (C=O) groups is 1. The van der Waals surface area contributed by atoms with Crippen LogP contribution in [0.3, 0.4) is 0 Å². The minimum absolute atomic E-state index is 0.118. The predicted molar refractivity (Wildman–Crippen MR) is 99.1 cm³/mol. The maximum absolute atomic E-state index is 12.1. The van der Waals surface area contributed by atoms with Crippen LogP contribution in [0.25, 0.3) is 0 Å². The third-order valence-corrected chi connectivity index (χ3v) is 4.44. The quantitative estimate of drug-likeness (QED) is 0.696. The summed E-state index contributed by atoms with van der Waals surface area (Å²) >= 11 is 4.92. The Bertz CT molecular complexity index is 821. The number of hydrogen-bond acceptors (Lipinski definition) is 3.